The van der Waals surface area contributed by atoms with Gasteiger partial charge in [0, 0.05) is 39.3 Å². The molecule has 0 fully saturated rings. The number of unbranched alkanes of at least 4 members (excludes halogenated alkanes) is 2. The van der Waals surface area contributed by atoms with Crippen LogP contribution in [0.1, 0.15) is 30.4 Å². The van der Waals surface area contributed by atoms with Gasteiger partial charge in [-0.1, -0.05) is 24.3 Å². The first-order valence-electron chi connectivity index (χ1n) is 8.48. The molecule has 5 nitrogen and oxygen atoms in total. The molecule has 0 aliphatic carbocycles. The third-order valence-electron chi connectivity index (χ3n) is 4.56. The van der Waals surface area contributed by atoms with Gasteiger partial charge in [0.05, 0.1) is 0 Å². The molecule has 0 saturated heterocycles. The van der Waals surface area contributed by atoms with E-state index in [0.717, 1.165) is 38.8 Å². The van der Waals surface area contributed by atoms with Crippen LogP contribution in [0.2, 0.25) is 0 Å². The summed E-state index contributed by atoms with van der Waals surface area (Å²) in [6, 6.07) is 8.89. The highest BCUT2D eigenvalue weighted by molar-refractivity contribution is 5.73. The van der Waals surface area contributed by atoms with Crippen LogP contribution in [0.3, 0.4) is 0 Å². The number of aliphatic hydroxyl groups is 1. The molecule has 0 radical (unpaired) electrons. The van der Waals surface area contributed by atoms with Crippen LogP contribution >= 0.6 is 0 Å². The Bertz CT molecular complexity index is 507. The second-order valence-corrected chi connectivity index (χ2v) is 6.44. The number of nitrogens with zero attached hydrogens (tertiary/aromatic N) is 2. The smallest absolute Gasteiger partial charge is 0.317 e. The summed E-state index contributed by atoms with van der Waals surface area (Å²) in [6.07, 6.45) is 3.65. The molecule has 1 aliphatic rings. The SMILES string of the molecule is CN(C[C@@H]1Cc2ccccc2CN1C)C(=O)NCCCCCO. The van der Waals surface area contributed by atoms with E-state index in [1.54, 1.807) is 4.90 Å². The fraction of sp³-hybridized carbons (Fsp3) is 0.611. The first-order valence-corrected chi connectivity index (χ1v) is 8.48. The molecule has 1 aliphatic heterocycles. The number of fused-ring (bicyclic) bond motifs is 1. The van der Waals surface area contributed by atoms with E-state index in [4.69, 9.17) is 5.11 Å². The lowest BCUT2D eigenvalue weighted by Crippen LogP contribution is -2.48. The summed E-state index contributed by atoms with van der Waals surface area (Å²) < 4.78 is 0. The van der Waals surface area contributed by atoms with Gasteiger partial charge in [-0.25, -0.2) is 4.79 Å². The number of benzene rings is 1. The average molecular weight is 319 g/mol. The fourth-order valence-corrected chi connectivity index (χ4v) is 3.07. The van der Waals surface area contributed by atoms with E-state index in [9.17, 15) is 4.79 Å². The molecule has 1 aromatic carbocycles. The maximum absolute atomic E-state index is 12.1. The quantitative estimate of drug-likeness (QED) is 0.754. The zero-order valence-corrected chi connectivity index (χ0v) is 14.3. The minimum Gasteiger partial charge on any atom is -0.396 e. The van der Waals surface area contributed by atoms with Gasteiger partial charge in [-0.2, -0.15) is 0 Å². The van der Waals surface area contributed by atoms with E-state index in [0.29, 0.717) is 12.6 Å². The summed E-state index contributed by atoms with van der Waals surface area (Å²) in [5.41, 5.74) is 2.79. The predicted molar refractivity (Wildman–Crippen MR) is 92.4 cm³/mol. The van der Waals surface area contributed by atoms with Gasteiger partial charge in [-0.15, -0.1) is 0 Å². The minimum atomic E-state index is -0.0127. The van der Waals surface area contributed by atoms with Crippen LogP contribution in [-0.4, -0.2) is 60.8 Å². The van der Waals surface area contributed by atoms with Crippen LogP contribution in [-0.2, 0) is 13.0 Å². The summed E-state index contributed by atoms with van der Waals surface area (Å²) in [5, 5.41) is 11.7. The van der Waals surface area contributed by atoms with Crippen LogP contribution < -0.4 is 5.32 Å². The molecule has 0 spiro atoms. The van der Waals surface area contributed by atoms with Gasteiger partial charge < -0.3 is 15.3 Å². The van der Waals surface area contributed by atoms with E-state index < -0.39 is 0 Å². The number of nitrogens with one attached hydrogen (secondary N) is 1. The number of hydrogen-bond donors (Lipinski definition) is 2. The second-order valence-electron chi connectivity index (χ2n) is 6.44. The molecule has 23 heavy (non-hydrogen) atoms. The normalized spacial score (nSPS) is 17.6. The maximum atomic E-state index is 12.1. The monoisotopic (exact) mass is 319 g/mol. The van der Waals surface area contributed by atoms with Crippen LogP contribution in [0.25, 0.3) is 0 Å². The highest BCUT2D eigenvalue weighted by atomic mass is 16.2. The topological polar surface area (TPSA) is 55.8 Å². The van der Waals surface area contributed by atoms with Crippen molar-refractivity contribution < 1.29 is 9.90 Å². The molecule has 2 rings (SSSR count). The Kier molecular flexibility index (Phi) is 6.86. The minimum absolute atomic E-state index is 0.0127. The van der Waals surface area contributed by atoms with Crippen LogP contribution in [0, 0.1) is 0 Å². The lowest BCUT2D eigenvalue weighted by Gasteiger charge is -2.36. The third-order valence-corrected chi connectivity index (χ3v) is 4.56. The summed E-state index contributed by atoms with van der Waals surface area (Å²) in [7, 11) is 3.98. The highest BCUT2D eigenvalue weighted by Gasteiger charge is 2.25. The number of carbonyl (C=O) groups excluding carboxylic acids is 1. The van der Waals surface area contributed by atoms with Crippen molar-refractivity contribution in [3.63, 3.8) is 0 Å². The van der Waals surface area contributed by atoms with Crippen LogP contribution in [0.4, 0.5) is 4.79 Å². The zero-order chi connectivity index (χ0) is 16.7. The molecule has 1 aromatic rings. The van der Waals surface area contributed by atoms with Crippen LogP contribution in [0.15, 0.2) is 24.3 Å². The number of carbonyl (C=O) groups is 1. The second kappa shape index (κ2) is 8.89. The zero-order valence-electron chi connectivity index (χ0n) is 14.3. The van der Waals surface area contributed by atoms with Gasteiger partial charge in [0.2, 0.25) is 0 Å². The molecule has 1 heterocycles. The average Bonchev–Trinajstić information content (AvgIpc) is 2.55. The number of urea groups is 1. The van der Waals surface area contributed by atoms with Gasteiger partial charge in [0.25, 0.3) is 0 Å². The molecule has 0 unspecified atom stereocenters. The number of aliphatic hydroxyl groups excluding tert-OH is 1. The Morgan fingerprint density at radius 2 is 2.04 bits per heavy atom. The Hall–Kier alpha value is -1.59. The lowest BCUT2D eigenvalue weighted by molar-refractivity contribution is 0.160. The summed E-state index contributed by atoms with van der Waals surface area (Å²) >= 11 is 0. The van der Waals surface area contributed by atoms with Crippen molar-refractivity contribution in [3.8, 4) is 0 Å². The summed E-state index contributed by atoms with van der Waals surface area (Å²) in [4.78, 5) is 16.3. The Balaban J connectivity index is 1.78. The Labute approximate surface area is 139 Å². The van der Waals surface area contributed by atoms with Crippen molar-refractivity contribution >= 4 is 6.03 Å². The molecule has 0 saturated carbocycles. The predicted octanol–water partition coefficient (Wildman–Crippen LogP) is 1.85. The molecular formula is C18H29N3O2. The number of amides is 2. The molecule has 5 heteroatoms. The first-order chi connectivity index (χ1) is 11.1. The van der Waals surface area contributed by atoms with Crippen molar-refractivity contribution in [2.75, 3.05) is 33.8 Å². The number of hydrogen-bond acceptors (Lipinski definition) is 3. The third kappa shape index (κ3) is 5.22. The Morgan fingerprint density at radius 3 is 2.78 bits per heavy atom. The van der Waals surface area contributed by atoms with Gasteiger partial charge in [0.1, 0.15) is 0 Å². The summed E-state index contributed by atoms with van der Waals surface area (Å²) in [5.74, 6) is 0. The van der Waals surface area contributed by atoms with Crippen molar-refractivity contribution in [1.29, 1.82) is 0 Å². The largest absolute Gasteiger partial charge is 0.396 e. The van der Waals surface area contributed by atoms with Crippen molar-refractivity contribution in [1.82, 2.24) is 15.1 Å². The van der Waals surface area contributed by atoms with E-state index in [1.807, 2.05) is 7.05 Å². The standard InChI is InChI=1S/C18H29N3O2/c1-20-13-16-9-5-4-8-15(16)12-17(20)14-21(2)18(23)19-10-6-3-7-11-22/h4-5,8-9,17,22H,3,6-7,10-14H2,1-2H3,(H,19,23)/t17-/m0/s1. The molecule has 128 valence electrons. The van der Waals surface area contributed by atoms with Crippen LogP contribution in [0.5, 0.6) is 0 Å². The molecular weight excluding hydrogens is 290 g/mol. The van der Waals surface area contributed by atoms with Crippen molar-refractivity contribution in [2.45, 2.75) is 38.3 Å². The van der Waals surface area contributed by atoms with Crippen molar-refractivity contribution in [2.24, 2.45) is 0 Å². The van der Waals surface area contributed by atoms with Gasteiger partial charge in [-0.3, -0.25) is 4.90 Å². The van der Waals surface area contributed by atoms with Gasteiger partial charge in [0.15, 0.2) is 0 Å². The molecule has 0 bridgehead atoms. The highest BCUT2D eigenvalue weighted by Crippen LogP contribution is 2.22. The van der Waals surface area contributed by atoms with E-state index in [1.165, 1.54) is 11.1 Å². The van der Waals surface area contributed by atoms with E-state index in [2.05, 4.69) is 41.5 Å². The summed E-state index contributed by atoms with van der Waals surface area (Å²) in [6.45, 7) is 2.57. The maximum Gasteiger partial charge on any atom is 0.317 e. The molecule has 1 atom stereocenters. The Morgan fingerprint density at radius 1 is 1.30 bits per heavy atom. The molecule has 2 N–H and O–H groups in total. The van der Waals surface area contributed by atoms with Crippen molar-refractivity contribution in [3.05, 3.63) is 35.4 Å². The fourth-order valence-electron chi connectivity index (χ4n) is 3.07. The number of rotatable bonds is 7. The van der Waals surface area contributed by atoms with E-state index >= 15 is 0 Å². The van der Waals surface area contributed by atoms with Gasteiger partial charge in [-0.05, 0) is 43.9 Å². The molecule has 0 aromatic heterocycles. The lowest BCUT2D eigenvalue weighted by atomic mass is 9.94. The van der Waals surface area contributed by atoms with E-state index in [-0.39, 0.29) is 12.6 Å². The van der Waals surface area contributed by atoms with Gasteiger partial charge >= 0.3 is 6.03 Å². The number of likely N-dealkylation sites (N-methyl/N-ethyl adjacent to an activating group) is 2. The first kappa shape index (κ1) is 17.8. The molecule has 2 amide bonds.